The van der Waals surface area contributed by atoms with Gasteiger partial charge < -0.3 is 9.90 Å². The van der Waals surface area contributed by atoms with Gasteiger partial charge in [0.25, 0.3) is 0 Å². The van der Waals surface area contributed by atoms with Crippen LogP contribution in [0.1, 0.15) is 32.1 Å². The van der Waals surface area contributed by atoms with E-state index in [9.17, 15) is 9.90 Å². The Bertz CT molecular complexity index is 173. The number of hydrogen-bond donors (Lipinski definition) is 0. The summed E-state index contributed by atoms with van der Waals surface area (Å²) in [5.41, 5.74) is 0. The third kappa shape index (κ3) is 1.70. The molecule has 0 spiro atoms. The summed E-state index contributed by atoms with van der Waals surface area (Å²) in [5, 5.41) is 10.6. The fourth-order valence-electron chi connectivity index (χ4n) is 2.67. The molecule has 0 saturated heterocycles. The van der Waals surface area contributed by atoms with Crippen LogP contribution in [-0.4, -0.2) is 5.97 Å². The summed E-state index contributed by atoms with van der Waals surface area (Å²) in [5.74, 6) is 0.231. The van der Waals surface area contributed by atoms with E-state index < -0.39 is 5.97 Å². The van der Waals surface area contributed by atoms with Crippen molar-refractivity contribution >= 4 is 5.97 Å². The number of aliphatic carboxylic acids is 1. The molecule has 3 aliphatic rings. The maximum Gasteiger partial charge on any atom is 1.00 e. The van der Waals surface area contributed by atoms with Gasteiger partial charge in [-0.25, -0.2) is 0 Å². The van der Waals surface area contributed by atoms with E-state index in [2.05, 4.69) is 0 Å². The minimum absolute atomic E-state index is 0. The van der Waals surface area contributed by atoms with E-state index in [0.29, 0.717) is 11.8 Å². The van der Waals surface area contributed by atoms with Crippen LogP contribution in [0.5, 0.6) is 0 Å². The molecule has 0 amide bonds. The van der Waals surface area contributed by atoms with Gasteiger partial charge in [-0.3, -0.25) is 0 Å². The van der Waals surface area contributed by atoms with Crippen LogP contribution >= 0.6 is 0 Å². The zero-order chi connectivity index (χ0) is 7.84. The summed E-state index contributed by atoms with van der Waals surface area (Å²) >= 11 is 0. The van der Waals surface area contributed by atoms with Crippen LogP contribution in [0, 0.1) is 17.8 Å². The van der Waals surface area contributed by atoms with E-state index in [-0.39, 0.29) is 24.8 Å². The van der Waals surface area contributed by atoms with Gasteiger partial charge in [0.1, 0.15) is 0 Å². The van der Waals surface area contributed by atoms with E-state index in [4.69, 9.17) is 0 Å². The molecule has 2 bridgehead atoms. The van der Waals surface area contributed by atoms with Crippen LogP contribution in [0.3, 0.4) is 0 Å². The van der Waals surface area contributed by atoms with E-state index in [1.807, 2.05) is 0 Å². The van der Waals surface area contributed by atoms with Gasteiger partial charge in [0.15, 0.2) is 0 Å². The van der Waals surface area contributed by atoms with Crippen molar-refractivity contribution in [1.29, 1.82) is 0 Å². The van der Waals surface area contributed by atoms with Crippen LogP contribution in [0.2, 0.25) is 0 Å². The Morgan fingerprint density at radius 3 is 2.00 bits per heavy atom. The van der Waals surface area contributed by atoms with Gasteiger partial charge in [-0.2, -0.15) is 0 Å². The van der Waals surface area contributed by atoms with Crippen LogP contribution in [0.25, 0.3) is 0 Å². The van der Waals surface area contributed by atoms with Crippen molar-refractivity contribution in [2.24, 2.45) is 17.8 Å². The maximum atomic E-state index is 10.6. The number of carboxylic acid groups (broad SMARTS) is 1. The monoisotopic (exact) mass is 160 g/mol. The molecular formula is C9H13LiO2. The smallest absolute Gasteiger partial charge is 0.550 e. The first-order chi connectivity index (χ1) is 5.27. The summed E-state index contributed by atoms with van der Waals surface area (Å²) in [6, 6.07) is 0. The van der Waals surface area contributed by atoms with Crippen molar-refractivity contribution in [3.63, 3.8) is 0 Å². The normalized spacial score (nSPS) is 38.8. The minimum atomic E-state index is -0.806. The van der Waals surface area contributed by atoms with E-state index in [1.54, 1.807) is 0 Å². The minimum Gasteiger partial charge on any atom is -0.550 e. The van der Waals surface area contributed by atoms with Gasteiger partial charge in [0.2, 0.25) is 0 Å². The van der Waals surface area contributed by atoms with E-state index >= 15 is 0 Å². The van der Waals surface area contributed by atoms with Crippen LogP contribution in [0.4, 0.5) is 0 Å². The molecule has 0 aliphatic heterocycles. The average Bonchev–Trinajstić information content (AvgIpc) is 2.06. The second-order valence-electron chi connectivity index (χ2n) is 3.94. The molecule has 1 atom stereocenters. The molecule has 3 fully saturated rings. The largest absolute Gasteiger partial charge is 1.00 e. The molecule has 0 N–H and O–H groups in total. The predicted octanol–water partition coefficient (Wildman–Crippen LogP) is -2.43. The van der Waals surface area contributed by atoms with Crippen molar-refractivity contribution < 1.29 is 28.8 Å². The second kappa shape index (κ2) is 3.85. The number of carbonyl (C=O) groups is 1. The Kier molecular flexibility index (Phi) is 3.26. The Balaban J connectivity index is 0.000000720. The van der Waals surface area contributed by atoms with Crippen molar-refractivity contribution in [3.8, 4) is 0 Å². The third-order valence-corrected chi connectivity index (χ3v) is 3.35. The quantitative estimate of drug-likeness (QED) is 0.400. The van der Waals surface area contributed by atoms with E-state index in [0.717, 1.165) is 19.3 Å². The standard InChI is InChI=1S/C9H14O2.Li/c10-9(11)8-5-6-1-3-7(8)4-2-6;/h6-8H,1-5H2,(H,10,11);/q;+1/p-1/t6?,7?,8-;/m0./s1. The Morgan fingerprint density at radius 2 is 1.75 bits per heavy atom. The Hall–Kier alpha value is 0.0674. The van der Waals surface area contributed by atoms with Gasteiger partial charge in [-0.15, -0.1) is 0 Å². The van der Waals surface area contributed by atoms with Crippen molar-refractivity contribution in [2.75, 3.05) is 0 Å². The van der Waals surface area contributed by atoms with Crippen LogP contribution < -0.4 is 24.0 Å². The summed E-state index contributed by atoms with van der Waals surface area (Å²) in [6.07, 6.45) is 5.67. The molecule has 3 rings (SSSR count). The molecule has 0 aromatic rings. The van der Waals surface area contributed by atoms with Gasteiger partial charge in [-0.1, -0.05) is 12.8 Å². The number of carboxylic acids is 1. The molecule has 3 heteroatoms. The third-order valence-electron chi connectivity index (χ3n) is 3.35. The summed E-state index contributed by atoms with van der Waals surface area (Å²) in [6.45, 7) is 0. The molecule has 62 valence electrons. The molecule has 0 radical (unpaired) electrons. The average molecular weight is 160 g/mol. The molecular weight excluding hydrogens is 147 g/mol. The molecule has 0 aromatic heterocycles. The first-order valence-corrected chi connectivity index (χ1v) is 4.48. The van der Waals surface area contributed by atoms with Gasteiger partial charge in [-0.05, 0) is 31.1 Å². The maximum absolute atomic E-state index is 10.6. The van der Waals surface area contributed by atoms with Crippen LogP contribution in [-0.2, 0) is 4.79 Å². The van der Waals surface area contributed by atoms with Crippen LogP contribution in [0.15, 0.2) is 0 Å². The molecule has 3 saturated carbocycles. The Labute approximate surface area is 84.9 Å². The van der Waals surface area contributed by atoms with Crippen molar-refractivity contribution in [1.82, 2.24) is 0 Å². The first kappa shape index (κ1) is 10.2. The second-order valence-corrected chi connectivity index (χ2v) is 3.94. The van der Waals surface area contributed by atoms with Gasteiger partial charge in [0.05, 0.1) is 0 Å². The molecule has 0 aromatic carbocycles. The molecule has 0 heterocycles. The zero-order valence-electron chi connectivity index (χ0n) is 7.58. The summed E-state index contributed by atoms with van der Waals surface area (Å²) in [7, 11) is 0. The molecule has 3 aliphatic carbocycles. The number of carbonyl (C=O) groups excluding carboxylic acids is 1. The van der Waals surface area contributed by atoms with Crippen molar-refractivity contribution in [2.45, 2.75) is 32.1 Å². The fraction of sp³-hybridized carbons (Fsp3) is 0.889. The Morgan fingerprint density at radius 1 is 1.17 bits per heavy atom. The predicted molar refractivity (Wildman–Crippen MR) is 38.6 cm³/mol. The fourth-order valence-corrected chi connectivity index (χ4v) is 2.67. The summed E-state index contributed by atoms with van der Waals surface area (Å²) < 4.78 is 0. The SMILES string of the molecule is O=C([O-])[C@H]1CC2CCC1CC2.[Li+]. The summed E-state index contributed by atoms with van der Waals surface area (Å²) in [4.78, 5) is 10.6. The number of rotatable bonds is 1. The van der Waals surface area contributed by atoms with Gasteiger partial charge >= 0.3 is 18.9 Å². The van der Waals surface area contributed by atoms with E-state index in [1.165, 1.54) is 12.8 Å². The molecule has 2 nitrogen and oxygen atoms in total. The molecule has 12 heavy (non-hydrogen) atoms. The zero-order valence-corrected chi connectivity index (χ0v) is 7.58. The van der Waals surface area contributed by atoms with Gasteiger partial charge in [0, 0.05) is 11.9 Å². The topological polar surface area (TPSA) is 40.1 Å². The first-order valence-electron chi connectivity index (χ1n) is 4.48. The number of hydrogen-bond acceptors (Lipinski definition) is 2. The van der Waals surface area contributed by atoms with Crippen molar-refractivity contribution in [3.05, 3.63) is 0 Å². The molecule has 0 unspecified atom stereocenters. The number of fused-ring (bicyclic) bond motifs is 3.